The van der Waals surface area contributed by atoms with E-state index in [9.17, 15) is 18.0 Å². The second kappa shape index (κ2) is 10.8. The smallest absolute Gasteiger partial charge is 0.355 e. The molecular formula is C29H30FN7O4S2. The molecule has 2 aliphatic rings. The van der Waals surface area contributed by atoms with Gasteiger partial charge in [0.25, 0.3) is 0 Å². The SMILES string of the molecule is C=CC(=O)N1CCN(c2nc(=O)n(-c3c(C4CCC4)cccc3S(C)(=O)=O)c3nc(-c4ncsc4N)c(F)cc23)[C@@H](C)C1. The molecular weight excluding hydrogens is 593 g/mol. The zero-order valence-corrected chi connectivity index (χ0v) is 25.3. The molecule has 1 aromatic carbocycles. The molecule has 1 amide bonds. The van der Waals surface area contributed by atoms with Gasteiger partial charge in [-0.05, 0) is 49.5 Å². The van der Waals surface area contributed by atoms with Crippen molar-refractivity contribution in [2.45, 2.75) is 43.0 Å². The number of aromatic nitrogens is 4. The van der Waals surface area contributed by atoms with Crippen molar-refractivity contribution in [1.29, 1.82) is 0 Å². The number of nitrogen functional groups attached to an aromatic ring is 1. The van der Waals surface area contributed by atoms with Crippen LogP contribution < -0.4 is 16.3 Å². The minimum Gasteiger partial charge on any atom is -0.389 e. The monoisotopic (exact) mass is 623 g/mol. The van der Waals surface area contributed by atoms with E-state index in [1.165, 1.54) is 28.3 Å². The number of fused-ring (bicyclic) bond motifs is 1. The van der Waals surface area contributed by atoms with Crippen molar-refractivity contribution in [2.75, 3.05) is 36.5 Å². The van der Waals surface area contributed by atoms with Gasteiger partial charge in [0.15, 0.2) is 21.3 Å². The number of hydrogen-bond donors (Lipinski definition) is 1. The number of rotatable bonds is 6. The number of anilines is 2. The predicted molar refractivity (Wildman–Crippen MR) is 164 cm³/mol. The first kappa shape index (κ1) is 28.9. The number of benzene rings is 1. The quantitative estimate of drug-likeness (QED) is 0.319. The number of sulfone groups is 1. The molecule has 4 aromatic rings. The van der Waals surface area contributed by atoms with Gasteiger partial charge >= 0.3 is 5.69 Å². The molecule has 1 saturated heterocycles. The van der Waals surface area contributed by atoms with E-state index in [4.69, 9.17) is 5.73 Å². The summed E-state index contributed by atoms with van der Waals surface area (Å²) in [6.07, 6.45) is 5.00. The van der Waals surface area contributed by atoms with Gasteiger partial charge in [-0.3, -0.25) is 4.79 Å². The highest BCUT2D eigenvalue weighted by atomic mass is 32.2. The summed E-state index contributed by atoms with van der Waals surface area (Å²) in [5.41, 5.74) is 7.68. The summed E-state index contributed by atoms with van der Waals surface area (Å²) < 4.78 is 43.2. The molecule has 0 spiro atoms. The standard InChI is InChI=1S/C29H30FN7O4S2/c1-4-22(38)35-11-12-36(16(2)14-35)27-19-13-20(30)23(24-26(31)42-15-32-24)33-28(19)37(29(39)34-27)25-18(17-7-5-8-17)9-6-10-21(25)43(3,40)41/h4,6,9-10,13,15-17H,1,5,7-8,11-12,14,31H2,2-3H3/t16-/m0/s1. The molecule has 14 heteroatoms. The van der Waals surface area contributed by atoms with Gasteiger partial charge in [0.05, 0.1) is 21.5 Å². The van der Waals surface area contributed by atoms with Crippen LogP contribution in [-0.4, -0.2) is 70.7 Å². The lowest BCUT2D eigenvalue weighted by molar-refractivity contribution is -0.126. The van der Waals surface area contributed by atoms with Crippen LogP contribution in [0.15, 0.2) is 52.1 Å². The summed E-state index contributed by atoms with van der Waals surface area (Å²) in [4.78, 5) is 43.1. The Morgan fingerprint density at radius 3 is 2.58 bits per heavy atom. The molecule has 1 aliphatic heterocycles. The number of carbonyl (C=O) groups is 1. The third-order valence-corrected chi connectivity index (χ3v) is 9.99. The van der Waals surface area contributed by atoms with Crippen molar-refractivity contribution in [3.05, 3.63) is 64.3 Å². The second-order valence-corrected chi connectivity index (χ2v) is 13.8. The number of thiazole rings is 1. The van der Waals surface area contributed by atoms with Gasteiger partial charge in [0.1, 0.15) is 22.2 Å². The maximum Gasteiger partial charge on any atom is 0.355 e. The lowest BCUT2D eigenvalue weighted by Gasteiger charge is -2.40. The number of nitrogens with zero attached hydrogens (tertiary/aromatic N) is 6. The molecule has 0 radical (unpaired) electrons. The van der Waals surface area contributed by atoms with Crippen LogP contribution in [0.25, 0.3) is 28.1 Å². The second-order valence-electron chi connectivity index (χ2n) is 10.9. The first-order valence-corrected chi connectivity index (χ1v) is 16.6. The van der Waals surface area contributed by atoms with Crippen molar-refractivity contribution in [2.24, 2.45) is 0 Å². The highest BCUT2D eigenvalue weighted by molar-refractivity contribution is 7.90. The Morgan fingerprint density at radius 2 is 1.98 bits per heavy atom. The fourth-order valence-electron chi connectivity index (χ4n) is 5.85. The number of pyridine rings is 1. The highest BCUT2D eigenvalue weighted by Crippen LogP contribution is 2.42. The Morgan fingerprint density at radius 1 is 1.21 bits per heavy atom. The molecule has 0 unspecified atom stereocenters. The normalized spacial score (nSPS) is 17.7. The van der Waals surface area contributed by atoms with Crippen molar-refractivity contribution >= 4 is 48.9 Å². The average molecular weight is 624 g/mol. The van der Waals surface area contributed by atoms with Crippen LogP contribution in [0.5, 0.6) is 0 Å². The Labute approximate surface area is 251 Å². The van der Waals surface area contributed by atoms with Gasteiger partial charge in [-0.1, -0.05) is 25.1 Å². The maximum atomic E-state index is 15.8. The van der Waals surface area contributed by atoms with E-state index in [2.05, 4.69) is 21.5 Å². The fourth-order valence-corrected chi connectivity index (χ4v) is 7.27. The lowest BCUT2D eigenvalue weighted by atomic mass is 9.79. The van der Waals surface area contributed by atoms with Crippen LogP contribution in [0.3, 0.4) is 0 Å². The molecule has 224 valence electrons. The number of carbonyl (C=O) groups excluding carboxylic acids is 1. The summed E-state index contributed by atoms with van der Waals surface area (Å²) in [5.74, 6) is -0.690. The van der Waals surface area contributed by atoms with E-state index in [1.807, 2.05) is 17.9 Å². The van der Waals surface area contributed by atoms with Crippen molar-refractivity contribution in [3.63, 3.8) is 0 Å². The van der Waals surface area contributed by atoms with E-state index in [0.29, 0.717) is 25.2 Å². The molecule has 1 saturated carbocycles. The largest absolute Gasteiger partial charge is 0.389 e. The van der Waals surface area contributed by atoms with E-state index in [0.717, 1.165) is 36.9 Å². The van der Waals surface area contributed by atoms with Crippen molar-refractivity contribution in [1.82, 2.24) is 24.4 Å². The van der Waals surface area contributed by atoms with Gasteiger partial charge in [0.2, 0.25) is 5.91 Å². The summed E-state index contributed by atoms with van der Waals surface area (Å²) >= 11 is 1.12. The van der Waals surface area contributed by atoms with Crippen LogP contribution in [0.4, 0.5) is 15.2 Å². The molecule has 2 N–H and O–H groups in total. The third kappa shape index (κ3) is 4.97. The van der Waals surface area contributed by atoms with Gasteiger partial charge in [-0.15, -0.1) is 11.3 Å². The van der Waals surface area contributed by atoms with E-state index in [1.54, 1.807) is 11.0 Å². The molecule has 2 fully saturated rings. The summed E-state index contributed by atoms with van der Waals surface area (Å²) in [5, 5.41) is 0.463. The maximum absolute atomic E-state index is 15.8. The molecule has 43 heavy (non-hydrogen) atoms. The molecule has 4 heterocycles. The molecule has 6 rings (SSSR count). The minimum atomic E-state index is -3.81. The Bertz CT molecular complexity index is 1950. The van der Waals surface area contributed by atoms with Gasteiger partial charge in [0, 0.05) is 31.9 Å². The highest BCUT2D eigenvalue weighted by Gasteiger charge is 2.33. The third-order valence-electron chi connectivity index (χ3n) is 8.20. The number of para-hydroxylation sites is 1. The lowest BCUT2D eigenvalue weighted by Crippen LogP contribution is -2.54. The van der Waals surface area contributed by atoms with Gasteiger partial charge < -0.3 is 15.5 Å². The van der Waals surface area contributed by atoms with E-state index < -0.39 is 21.3 Å². The first-order chi connectivity index (χ1) is 20.5. The fraction of sp³-hybridized carbons (Fsp3) is 0.345. The molecule has 1 aliphatic carbocycles. The number of nitrogens with two attached hydrogens (primary N) is 1. The molecule has 1 atom stereocenters. The number of hydrogen-bond acceptors (Lipinski definition) is 10. The minimum absolute atomic E-state index is 0.0345. The van der Waals surface area contributed by atoms with Crippen LogP contribution in [0, 0.1) is 5.82 Å². The average Bonchev–Trinajstić information content (AvgIpc) is 3.36. The van der Waals surface area contributed by atoms with Crippen molar-refractivity contribution in [3.8, 4) is 17.1 Å². The summed E-state index contributed by atoms with van der Waals surface area (Å²) in [7, 11) is -3.81. The summed E-state index contributed by atoms with van der Waals surface area (Å²) in [6, 6.07) is 5.91. The van der Waals surface area contributed by atoms with Crippen LogP contribution in [0.1, 0.15) is 37.7 Å². The van der Waals surface area contributed by atoms with Gasteiger partial charge in [-0.2, -0.15) is 4.98 Å². The Kier molecular flexibility index (Phi) is 7.29. The van der Waals surface area contributed by atoms with E-state index >= 15 is 4.39 Å². The Hall–Kier alpha value is -4.17. The van der Waals surface area contributed by atoms with Gasteiger partial charge in [-0.25, -0.2) is 32.1 Å². The van der Waals surface area contributed by atoms with E-state index in [-0.39, 0.29) is 61.7 Å². The number of halogens is 1. The van der Waals surface area contributed by atoms with Crippen LogP contribution in [0.2, 0.25) is 0 Å². The molecule has 0 bridgehead atoms. The summed E-state index contributed by atoms with van der Waals surface area (Å²) in [6.45, 7) is 6.44. The molecule has 11 nitrogen and oxygen atoms in total. The Balaban J connectivity index is 1.66. The zero-order chi connectivity index (χ0) is 30.6. The first-order valence-electron chi connectivity index (χ1n) is 13.8. The van der Waals surface area contributed by atoms with Crippen LogP contribution in [-0.2, 0) is 14.6 Å². The topological polar surface area (TPSA) is 144 Å². The zero-order valence-electron chi connectivity index (χ0n) is 23.7. The van der Waals surface area contributed by atoms with Crippen molar-refractivity contribution < 1.29 is 17.6 Å². The van der Waals surface area contributed by atoms with Crippen LogP contribution >= 0.6 is 11.3 Å². The molecule has 3 aromatic heterocycles. The number of piperazine rings is 1. The number of amides is 1. The predicted octanol–water partition coefficient (Wildman–Crippen LogP) is 3.52.